The molecule has 2 heterocycles. The minimum atomic E-state index is -0.0806. The number of halogens is 2. The van der Waals surface area contributed by atoms with E-state index in [1.54, 1.807) is 24.5 Å². The minimum Gasteiger partial charge on any atom is -0.350 e. The maximum atomic E-state index is 12.0. The van der Waals surface area contributed by atoms with Crippen LogP contribution in [0.5, 0.6) is 0 Å². The largest absolute Gasteiger partial charge is 0.350 e. The predicted octanol–water partition coefficient (Wildman–Crippen LogP) is 2.54. The molecule has 1 aromatic heterocycles. The fourth-order valence-electron chi connectivity index (χ4n) is 2.57. The number of nitrogens with one attached hydrogen (secondary N) is 2. The summed E-state index contributed by atoms with van der Waals surface area (Å²) in [5.74, 6) is -0.0806. The molecule has 0 bridgehead atoms. The molecule has 0 spiro atoms. The van der Waals surface area contributed by atoms with Crippen LogP contribution >= 0.6 is 24.8 Å². The van der Waals surface area contributed by atoms with Crippen LogP contribution in [0.3, 0.4) is 0 Å². The second kappa shape index (κ2) is 8.73. The zero-order valence-corrected chi connectivity index (χ0v) is 13.6. The van der Waals surface area contributed by atoms with Crippen LogP contribution in [0.25, 0.3) is 0 Å². The molecule has 0 saturated carbocycles. The summed E-state index contributed by atoms with van der Waals surface area (Å²) >= 11 is 0. The van der Waals surface area contributed by atoms with Gasteiger partial charge in [-0.2, -0.15) is 0 Å². The Hall–Kier alpha value is -1.62. The van der Waals surface area contributed by atoms with Crippen LogP contribution in [0.1, 0.15) is 27.5 Å². The van der Waals surface area contributed by atoms with Gasteiger partial charge in [-0.15, -0.1) is 24.8 Å². The Kier molecular flexibility index (Phi) is 7.32. The monoisotopic (exact) mass is 339 g/mol. The molecular formula is C16H19Cl2N3O. The smallest absolute Gasteiger partial charge is 0.252 e. The quantitative estimate of drug-likeness (QED) is 0.903. The van der Waals surface area contributed by atoms with Gasteiger partial charge in [-0.25, -0.2) is 0 Å². The van der Waals surface area contributed by atoms with Crippen molar-refractivity contribution in [2.75, 3.05) is 13.1 Å². The molecule has 1 amide bonds. The summed E-state index contributed by atoms with van der Waals surface area (Å²) < 4.78 is 0. The first-order valence-corrected chi connectivity index (χ1v) is 6.84. The van der Waals surface area contributed by atoms with Crippen LogP contribution in [-0.4, -0.2) is 24.0 Å². The number of hydrogen-bond acceptors (Lipinski definition) is 3. The lowest BCUT2D eigenvalue weighted by molar-refractivity contribution is 0.0948. The Bertz CT molecular complexity index is 607. The maximum Gasteiger partial charge on any atom is 0.252 e. The van der Waals surface area contributed by atoms with Crippen molar-refractivity contribution in [3.63, 3.8) is 0 Å². The van der Waals surface area contributed by atoms with Crippen molar-refractivity contribution in [2.24, 2.45) is 0 Å². The SMILES string of the molecule is Cl.Cl.O=C(NCC1NCCc2ccccc21)c1cccnc1. The molecule has 1 atom stereocenters. The predicted molar refractivity (Wildman–Crippen MR) is 92.0 cm³/mol. The number of pyridine rings is 1. The molecule has 0 saturated heterocycles. The second-order valence-corrected chi connectivity index (χ2v) is 4.91. The summed E-state index contributed by atoms with van der Waals surface area (Å²) in [6.07, 6.45) is 4.29. The van der Waals surface area contributed by atoms with Gasteiger partial charge in [-0.05, 0) is 36.2 Å². The van der Waals surface area contributed by atoms with E-state index >= 15 is 0 Å². The van der Waals surface area contributed by atoms with Gasteiger partial charge in [0, 0.05) is 25.0 Å². The molecule has 0 radical (unpaired) electrons. The molecule has 0 aliphatic carbocycles. The third-order valence-corrected chi connectivity index (χ3v) is 3.61. The van der Waals surface area contributed by atoms with E-state index in [1.807, 2.05) is 6.07 Å². The van der Waals surface area contributed by atoms with E-state index in [4.69, 9.17) is 0 Å². The molecule has 6 heteroatoms. The van der Waals surface area contributed by atoms with E-state index in [-0.39, 0.29) is 36.8 Å². The van der Waals surface area contributed by atoms with Gasteiger partial charge >= 0.3 is 0 Å². The van der Waals surface area contributed by atoms with Gasteiger partial charge in [0.2, 0.25) is 0 Å². The lowest BCUT2D eigenvalue weighted by Gasteiger charge is -2.27. The number of nitrogens with zero attached hydrogens (tertiary/aromatic N) is 1. The van der Waals surface area contributed by atoms with E-state index in [1.165, 1.54) is 11.1 Å². The van der Waals surface area contributed by atoms with Crippen LogP contribution in [0, 0.1) is 0 Å². The summed E-state index contributed by atoms with van der Waals surface area (Å²) in [5, 5.41) is 6.42. The topological polar surface area (TPSA) is 54.0 Å². The van der Waals surface area contributed by atoms with Crippen LogP contribution in [-0.2, 0) is 6.42 Å². The third kappa shape index (κ3) is 4.19. The highest BCUT2D eigenvalue weighted by Crippen LogP contribution is 2.21. The zero-order valence-electron chi connectivity index (χ0n) is 12.0. The van der Waals surface area contributed by atoms with E-state index in [9.17, 15) is 4.79 Å². The zero-order chi connectivity index (χ0) is 13.8. The Labute approximate surface area is 142 Å². The summed E-state index contributed by atoms with van der Waals surface area (Å²) in [7, 11) is 0. The van der Waals surface area contributed by atoms with Crippen molar-refractivity contribution < 1.29 is 4.79 Å². The van der Waals surface area contributed by atoms with Crippen molar-refractivity contribution in [1.82, 2.24) is 15.6 Å². The van der Waals surface area contributed by atoms with E-state index in [0.29, 0.717) is 12.1 Å². The highest BCUT2D eigenvalue weighted by molar-refractivity contribution is 5.93. The summed E-state index contributed by atoms with van der Waals surface area (Å²) in [5.41, 5.74) is 3.24. The van der Waals surface area contributed by atoms with Crippen molar-refractivity contribution in [2.45, 2.75) is 12.5 Å². The first kappa shape index (κ1) is 18.4. The van der Waals surface area contributed by atoms with Gasteiger partial charge in [-0.1, -0.05) is 24.3 Å². The van der Waals surface area contributed by atoms with Crippen molar-refractivity contribution in [3.8, 4) is 0 Å². The number of carbonyl (C=O) groups excluding carboxylic acids is 1. The number of rotatable bonds is 3. The molecule has 1 unspecified atom stereocenters. The lowest BCUT2D eigenvalue weighted by Crippen LogP contribution is -2.38. The van der Waals surface area contributed by atoms with E-state index < -0.39 is 0 Å². The molecular weight excluding hydrogens is 321 g/mol. The van der Waals surface area contributed by atoms with Gasteiger partial charge in [0.25, 0.3) is 5.91 Å². The first-order chi connectivity index (χ1) is 9.84. The number of fused-ring (bicyclic) bond motifs is 1. The Morgan fingerprint density at radius 3 is 2.82 bits per heavy atom. The van der Waals surface area contributed by atoms with Gasteiger partial charge in [0.05, 0.1) is 5.56 Å². The molecule has 4 nitrogen and oxygen atoms in total. The Morgan fingerprint density at radius 2 is 2.05 bits per heavy atom. The molecule has 1 aliphatic heterocycles. The fraction of sp³-hybridized carbons (Fsp3) is 0.250. The van der Waals surface area contributed by atoms with Gasteiger partial charge < -0.3 is 10.6 Å². The first-order valence-electron chi connectivity index (χ1n) is 6.84. The van der Waals surface area contributed by atoms with Gasteiger partial charge in [-0.3, -0.25) is 9.78 Å². The highest BCUT2D eigenvalue weighted by atomic mass is 35.5. The summed E-state index contributed by atoms with van der Waals surface area (Å²) in [6.45, 7) is 1.54. The highest BCUT2D eigenvalue weighted by Gasteiger charge is 2.19. The lowest BCUT2D eigenvalue weighted by atomic mass is 9.94. The van der Waals surface area contributed by atoms with Crippen molar-refractivity contribution in [3.05, 3.63) is 65.5 Å². The Balaban J connectivity index is 0.00000121. The number of amides is 1. The number of carbonyl (C=O) groups is 1. The molecule has 3 rings (SSSR count). The summed E-state index contributed by atoms with van der Waals surface area (Å²) in [4.78, 5) is 16.0. The standard InChI is InChI=1S/C16H17N3O.2ClH/c20-16(13-5-3-8-17-10-13)19-11-15-14-6-2-1-4-12(14)7-9-18-15;;/h1-6,8,10,15,18H,7,9,11H2,(H,19,20);2*1H. The van der Waals surface area contributed by atoms with Crippen molar-refractivity contribution >= 4 is 30.7 Å². The fourth-order valence-corrected chi connectivity index (χ4v) is 2.57. The number of aromatic nitrogens is 1. The third-order valence-electron chi connectivity index (χ3n) is 3.61. The molecule has 1 aromatic carbocycles. The average molecular weight is 340 g/mol. The molecule has 1 aliphatic rings. The van der Waals surface area contributed by atoms with Crippen LogP contribution in [0.15, 0.2) is 48.8 Å². The average Bonchev–Trinajstić information content (AvgIpc) is 2.53. The van der Waals surface area contributed by atoms with Crippen LogP contribution in [0.4, 0.5) is 0 Å². The Morgan fingerprint density at radius 1 is 1.23 bits per heavy atom. The molecule has 0 fully saturated rings. The maximum absolute atomic E-state index is 12.0. The molecule has 22 heavy (non-hydrogen) atoms. The molecule has 118 valence electrons. The van der Waals surface area contributed by atoms with Crippen LogP contribution in [0.2, 0.25) is 0 Å². The summed E-state index contributed by atoms with van der Waals surface area (Å²) in [6, 6.07) is 12.1. The van der Waals surface area contributed by atoms with Gasteiger partial charge in [0.1, 0.15) is 0 Å². The second-order valence-electron chi connectivity index (χ2n) is 4.91. The number of hydrogen-bond donors (Lipinski definition) is 2. The van der Waals surface area contributed by atoms with Crippen LogP contribution < -0.4 is 10.6 Å². The molecule has 2 N–H and O–H groups in total. The normalized spacial score (nSPS) is 15.7. The molecule has 2 aromatic rings. The van der Waals surface area contributed by atoms with Crippen molar-refractivity contribution in [1.29, 1.82) is 0 Å². The van der Waals surface area contributed by atoms with Gasteiger partial charge in [0.15, 0.2) is 0 Å². The number of benzene rings is 1. The minimum absolute atomic E-state index is 0. The van der Waals surface area contributed by atoms with E-state index in [2.05, 4.69) is 33.8 Å². The van der Waals surface area contributed by atoms with E-state index in [0.717, 1.165) is 13.0 Å².